The molecule has 1 aliphatic carbocycles. The number of amides is 1. The molecule has 0 radical (unpaired) electrons. The smallest absolute Gasteiger partial charge is 0.237 e. The van der Waals surface area contributed by atoms with Gasteiger partial charge >= 0.3 is 0 Å². The number of nitrogens with one attached hydrogen (secondary N) is 1. The molecule has 0 aromatic heterocycles. The van der Waals surface area contributed by atoms with Gasteiger partial charge in [-0.05, 0) is 36.5 Å². The number of benzene rings is 1. The van der Waals surface area contributed by atoms with Crippen LogP contribution in [0.15, 0.2) is 24.3 Å². The van der Waals surface area contributed by atoms with Crippen molar-refractivity contribution in [3.8, 4) is 6.07 Å². The molecular weight excluding hydrogens is 355 g/mol. The van der Waals surface area contributed by atoms with Gasteiger partial charge in [0.05, 0.1) is 6.07 Å². The molecule has 0 aliphatic heterocycles. The van der Waals surface area contributed by atoms with Gasteiger partial charge in [0.25, 0.3) is 0 Å². The predicted octanol–water partition coefficient (Wildman–Crippen LogP) is 4.36. The second kappa shape index (κ2) is 6.89. The van der Waals surface area contributed by atoms with Crippen molar-refractivity contribution in [3.63, 3.8) is 0 Å². The van der Waals surface area contributed by atoms with Crippen molar-refractivity contribution in [2.75, 3.05) is 6.54 Å². The maximum Gasteiger partial charge on any atom is 0.237 e. The highest BCUT2D eigenvalue weighted by atomic mass is 35.5. The van der Waals surface area contributed by atoms with Crippen molar-refractivity contribution >= 4 is 40.7 Å². The zero-order valence-corrected chi connectivity index (χ0v) is 15.3. The Hall–Kier alpha value is -0.950. The lowest BCUT2D eigenvalue weighted by Crippen LogP contribution is -2.38. The largest absolute Gasteiger partial charge is 0.355 e. The van der Waals surface area contributed by atoms with Gasteiger partial charge in [0.15, 0.2) is 0 Å². The number of rotatable bonds is 6. The topological polar surface area (TPSA) is 52.9 Å². The highest BCUT2D eigenvalue weighted by molar-refractivity contribution is 6.51. The molecule has 1 amide bonds. The van der Waals surface area contributed by atoms with Gasteiger partial charge in [-0.15, -0.1) is 23.2 Å². The van der Waals surface area contributed by atoms with Crippen molar-refractivity contribution in [2.24, 2.45) is 17.3 Å². The lowest BCUT2D eigenvalue weighted by molar-refractivity contribution is -0.125. The van der Waals surface area contributed by atoms with E-state index >= 15 is 0 Å². The Morgan fingerprint density at radius 1 is 1.39 bits per heavy atom. The minimum atomic E-state index is -0.842. The SMILES string of the molecule is CC(C(C#N)C(=O)NCCc1ccc(Cl)cc1)[C@@]1(C)CC1(Cl)Cl. The summed E-state index contributed by atoms with van der Waals surface area (Å²) in [4.78, 5) is 12.3. The number of nitriles is 1. The van der Waals surface area contributed by atoms with Crippen LogP contribution in [0.25, 0.3) is 0 Å². The van der Waals surface area contributed by atoms with Crippen LogP contribution < -0.4 is 5.32 Å². The van der Waals surface area contributed by atoms with Gasteiger partial charge in [0.1, 0.15) is 10.3 Å². The number of halogens is 3. The van der Waals surface area contributed by atoms with Crippen LogP contribution >= 0.6 is 34.8 Å². The normalized spacial score (nSPS) is 24.3. The molecule has 0 heterocycles. The van der Waals surface area contributed by atoms with E-state index in [9.17, 15) is 10.1 Å². The quantitative estimate of drug-likeness (QED) is 0.753. The molecule has 124 valence electrons. The maximum atomic E-state index is 12.3. The van der Waals surface area contributed by atoms with Crippen LogP contribution in [0.5, 0.6) is 0 Å². The standard InChI is InChI=1S/C17H19Cl3N2O/c1-11(16(2)10-17(16,19)20)14(9-21)15(23)22-8-7-12-3-5-13(18)6-4-12/h3-6,11,14H,7-8,10H2,1-2H3,(H,22,23)/t11?,14?,16-/m1/s1. The Bertz CT molecular complexity index is 624. The van der Waals surface area contributed by atoms with Gasteiger partial charge in [-0.2, -0.15) is 5.26 Å². The summed E-state index contributed by atoms with van der Waals surface area (Å²) in [6.07, 6.45) is 1.28. The van der Waals surface area contributed by atoms with Gasteiger partial charge in [-0.1, -0.05) is 37.6 Å². The molecule has 3 nitrogen and oxygen atoms in total. The summed E-state index contributed by atoms with van der Waals surface area (Å²) >= 11 is 18.2. The number of hydrogen-bond donors (Lipinski definition) is 1. The molecule has 1 aromatic rings. The third-order valence-corrected chi connectivity index (χ3v) is 6.24. The molecule has 0 saturated heterocycles. The molecule has 3 atom stereocenters. The third-order valence-electron chi connectivity index (χ3n) is 4.85. The molecule has 0 spiro atoms. The van der Waals surface area contributed by atoms with E-state index in [2.05, 4.69) is 11.4 Å². The summed E-state index contributed by atoms with van der Waals surface area (Å²) in [6, 6.07) is 9.55. The highest BCUT2D eigenvalue weighted by Crippen LogP contribution is 2.68. The van der Waals surface area contributed by atoms with Crippen molar-refractivity contribution in [2.45, 2.75) is 31.0 Å². The van der Waals surface area contributed by atoms with Crippen LogP contribution in [0, 0.1) is 28.6 Å². The first-order valence-electron chi connectivity index (χ1n) is 7.51. The molecular formula is C17H19Cl3N2O. The number of alkyl halides is 2. The molecule has 0 bridgehead atoms. The average Bonchev–Trinajstić information content (AvgIpc) is 3.02. The van der Waals surface area contributed by atoms with Crippen molar-refractivity contribution in [1.29, 1.82) is 5.26 Å². The van der Waals surface area contributed by atoms with Crippen LogP contribution in [-0.4, -0.2) is 16.8 Å². The van der Waals surface area contributed by atoms with Gasteiger partial charge < -0.3 is 5.32 Å². The molecule has 1 saturated carbocycles. The first kappa shape index (κ1) is 18.4. The third kappa shape index (κ3) is 3.94. The Balaban J connectivity index is 1.88. The van der Waals surface area contributed by atoms with Crippen molar-refractivity contribution < 1.29 is 4.79 Å². The van der Waals surface area contributed by atoms with Crippen LogP contribution in [0.1, 0.15) is 25.8 Å². The van der Waals surface area contributed by atoms with Crippen LogP contribution in [0.2, 0.25) is 5.02 Å². The number of hydrogen-bond acceptors (Lipinski definition) is 2. The van der Waals surface area contributed by atoms with E-state index in [0.717, 1.165) is 5.56 Å². The van der Waals surface area contributed by atoms with Crippen LogP contribution in [0.4, 0.5) is 0 Å². The summed E-state index contributed by atoms with van der Waals surface area (Å²) in [5.74, 6) is -1.24. The summed E-state index contributed by atoms with van der Waals surface area (Å²) < 4.78 is -0.842. The zero-order chi connectivity index (χ0) is 17.3. The summed E-state index contributed by atoms with van der Waals surface area (Å²) in [6.45, 7) is 4.25. The minimum Gasteiger partial charge on any atom is -0.355 e. The number of carbonyl (C=O) groups is 1. The van der Waals surface area contributed by atoms with Crippen molar-refractivity contribution in [3.05, 3.63) is 34.9 Å². The maximum absolute atomic E-state index is 12.3. The van der Waals surface area contributed by atoms with Crippen LogP contribution in [-0.2, 0) is 11.2 Å². The first-order valence-corrected chi connectivity index (χ1v) is 8.64. The fourth-order valence-corrected chi connectivity index (χ4v) is 3.79. The summed E-state index contributed by atoms with van der Waals surface area (Å²) in [7, 11) is 0. The first-order chi connectivity index (χ1) is 10.7. The second-order valence-corrected chi connectivity index (χ2v) is 8.28. The molecule has 1 aromatic carbocycles. The second-order valence-electron chi connectivity index (χ2n) is 6.36. The zero-order valence-electron chi connectivity index (χ0n) is 13.1. The molecule has 2 unspecified atom stereocenters. The minimum absolute atomic E-state index is 0.210. The van der Waals surface area contributed by atoms with E-state index in [-0.39, 0.29) is 11.8 Å². The molecule has 1 N–H and O–H groups in total. The predicted molar refractivity (Wildman–Crippen MR) is 93.6 cm³/mol. The van der Waals surface area contributed by atoms with Gasteiger partial charge in [-0.3, -0.25) is 4.79 Å². The number of carbonyl (C=O) groups excluding carboxylic acids is 1. The molecule has 6 heteroatoms. The van der Waals surface area contributed by atoms with Gasteiger partial charge in [-0.25, -0.2) is 0 Å². The van der Waals surface area contributed by atoms with E-state index < -0.39 is 15.7 Å². The fourth-order valence-electron chi connectivity index (χ4n) is 2.77. The highest BCUT2D eigenvalue weighted by Gasteiger charge is 2.67. The van der Waals surface area contributed by atoms with Gasteiger partial charge in [0, 0.05) is 17.0 Å². The van der Waals surface area contributed by atoms with E-state index in [1.54, 1.807) is 0 Å². The Labute approximate surface area is 151 Å². The summed E-state index contributed by atoms with van der Waals surface area (Å²) in [5, 5.41) is 12.9. The molecule has 23 heavy (non-hydrogen) atoms. The monoisotopic (exact) mass is 372 g/mol. The fraction of sp³-hybridized carbons (Fsp3) is 0.529. The Morgan fingerprint density at radius 2 is 1.96 bits per heavy atom. The van der Waals surface area contributed by atoms with Crippen molar-refractivity contribution in [1.82, 2.24) is 5.32 Å². The van der Waals surface area contributed by atoms with E-state index in [1.807, 2.05) is 38.1 Å². The molecule has 1 fully saturated rings. The van der Waals surface area contributed by atoms with Gasteiger partial charge in [0.2, 0.25) is 5.91 Å². The Morgan fingerprint density at radius 3 is 2.43 bits per heavy atom. The lowest BCUT2D eigenvalue weighted by atomic mass is 9.81. The Kier molecular flexibility index (Phi) is 5.51. The lowest BCUT2D eigenvalue weighted by Gasteiger charge is -2.25. The van der Waals surface area contributed by atoms with E-state index in [4.69, 9.17) is 34.8 Å². The average molecular weight is 374 g/mol. The number of nitrogens with zero attached hydrogens (tertiary/aromatic N) is 1. The summed E-state index contributed by atoms with van der Waals surface area (Å²) in [5.41, 5.74) is 0.676. The van der Waals surface area contributed by atoms with E-state index in [1.165, 1.54) is 0 Å². The van der Waals surface area contributed by atoms with Crippen LogP contribution in [0.3, 0.4) is 0 Å². The molecule has 2 rings (SSSR count). The molecule has 1 aliphatic rings. The van der Waals surface area contributed by atoms with E-state index in [0.29, 0.717) is 24.4 Å².